The van der Waals surface area contributed by atoms with Crippen molar-refractivity contribution in [3.05, 3.63) is 102 Å². The van der Waals surface area contributed by atoms with Gasteiger partial charge in [0.1, 0.15) is 11.6 Å². The fourth-order valence-electron chi connectivity index (χ4n) is 5.42. The predicted octanol–water partition coefficient (Wildman–Crippen LogP) is 5.43. The maximum absolute atomic E-state index is 13.1. The van der Waals surface area contributed by atoms with Crippen LogP contribution in [0.2, 0.25) is 0 Å². The van der Waals surface area contributed by atoms with E-state index in [0.717, 1.165) is 41.0 Å². The fraction of sp³-hybridized carbons (Fsp3) is 0.353. The molecule has 1 aromatic heterocycles. The van der Waals surface area contributed by atoms with E-state index in [1.165, 1.54) is 11.1 Å². The summed E-state index contributed by atoms with van der Waals surface area (Å²) in [6.07, 6.45) is 3.10. The number of aryl methyl sites for hydroxylation is 1. The smallest absolute Gasteiger partial charge is 0.223 e. The number of carbonyl (C=O) groups excluding carboxylic acids is 2. The summed E-state index contributed by atoms with van der Waals surface area (Å²) in [5.41, 5.74) is 3.31. The number of aromatic nitrogens is 3. The number of nitrogens with zero attached hydrogens (tertiary/aromatic N) is 5. The van der Waals surface area contributed by atoms with Crippen molar-refractivity contribution >= 4 is 23.6 Å². The third-order valence-electron chi connectivity index (χ3n) is 7.77. The topological polar surface area (TPSA) is 80.6 Å². The average Bonchev–Trinajstić information content (AvgIpc) is 3.44. The van der Waals surface area contributed by atoms with Crippen LogP contribution in [0.4, 0.5) is 0 Å². The van der Waals surface area contributed by atoms with Gasteiger partial charge in [0.15, 0.2) is 5.16 Å². The normalized spacial score (nSPS) is 15.0. The number of rotatable bonds is 12. The first kappa shape index (κ1) is 30.4. The number of hydrogen-bond donors (Lipinski definition) is 0. The zero-order valence-electron chi connectivity index (χ0n) is 24.9. The van der Waals surface area contributed by atoms with Gasteiger partial charge in [0.25, 0.3) is 0 Å². The fourth-order valence-corrected chi connectivity index (χ4v) is 6.33. The standard InChI is InChI=1S/C34H39N5O3S/c1-26-25-37(21-22-38(26)33(41)20-15-27-10-5-3-6-11-27)32(40)14-9-23-43-34-36-35-31(24-28-12-7-4-8-13-28)39(34)29-16-18-30(42-2)19-17-29/h3-8,10-13,16-19,26H,9,14-15,20-25H2,1-2H3. The number of benzene rings is 3. The van der Waals surface area contributed by atoms with Gasteiger partial charge in [-0.1, -0.05) is 72.4 Å². The summed E-state index contributed by atoms with van der Waals surface area (Å²) in [5.74, 6) is 2.71. The van der Waals surface area contributed by atoms with Crippen molar-refractivity contribution in [1.82, 2.24) is 24.6 Å². The molecule has 1 saturated heterocycles. The first-order valence-electron chi connectivity index (χ1n) is 14.9. The van der Waals surface area contributed by atoms with Crippen molar-refractivity contribution < 1.29 is 14.3 Å². The molecule has 0 radical (unpaired) electrons. The van der Waals surface area contributed by atoms with E-state index in [2.05, 4.69) is 39.0 Å². The molecule has 3 aromatic carbocycles. The summed E-state index contributed by atoms with van der Waals surface area (Å²) in [4.78, 5) is 29.8. The van der Waals surface area contributed by atoms with Gasteiger partial charge >= 0.3 is 0 Å². The maximum Gasteiger partial charge on any atom is 0.223 e. The molecule has 4 aromatic rings. The van der Waals surface area contributed by atoms with E-state index in [1.807, 2.05) is 77.4 Å². The zero-order chi connectivity index (χ0) is 30.0. The Balaban J connectivity index is 1.13. The predicted molar refractivity (Wildman–Crippen MR) is 170 cm³/mol. The van der Waals surface area contributed by atoms with Crippen molar-refractivity contribution in [2.24, 2.45) is 0 Å². The highest BCUT2D eigenvalue weighted by Crippen LogP contribution is 2.26. The second kappa shape index (κ2) is 14.9. The van der Waals surface area contributed by atoms with Crippen LogP contribution in [-0.2, 0) is 22.4 Å². The van der Waals surface area contributed by atoms with Crippen LogP contribution in [0.1, 0.15) is 43.1 Å². The van der Waals surface area contributed by atoms with Crippen LogP contribution in [0.3, 0.4) is 0 Å². The van der Waals surface area contributed by atoms with Crippen LogP contribution in [-0.4, -0.2) is 74.9 Å². The minimum Gasteiger partial charge on any atom is -0.497 e. The summed E-state index contributed by atoms with van der Waals surface area (Å²) < 4.78 is 7.44. The van der Waals surface area contributed by atoms with Crippen LogP contribution in [0.5, 0.6) is 5.75 Å². The molecule has 1 aliphatic rings. The van der Waals surface area contributed by atoms with E-state index in [-0.39, 0.29) is 17.9 Å². The molecule has 0 saturated carbocycles. The lowest BCUT2D eigenvalue weighted by Crippen LogP contribution is -2.55. The summed E-state index contributed by atoms with van der Waals surface area (Å²) >= 11 is 1.61. The van der Waals surface area contributed by atoms with Crippen molar-refractivity contribution in [1.29, 1.82) is 0 Å². The highest BCUT2D eigenvalue weighted by atomic mass is 32.2. The van der Waals surface area contributed by atoms with E-state index in [4.69, 9.17) is 4.74 Å². The lowest BCUT2D eigenvalue weighted by Gasteiger charge is -2.40. The first-order valence-corrected chi connectivity index (χ1v) is 15.9. The Morgan fingerprint density at radius 3 is 2.23 bits per heavy atom. The molecule has 43 heavy (non-hydrogen) atoms. The molecule has 0 aliphatic carbocycles. The summed E-state index contributed by atoms with van der Waals surface area (Å²) in [5, 5.41) is 9.86. The van der Waals surface area contributed by atoms with Gasteiger partial charge in [-0.05, 0) is 55.2 Å². The molecule has 2 amide bonds. The molecule has 9 heteroatoms. The van der Waals surface area contributed by atoms with Crippen LogP contribution >= 0.6 is 11.8 Å². The lowest BCUT2D eigenvalue weighted by atomic mass is 10.1. The number of hydrogen-bond acceptors (Lipinski definition) is 6. The molecule has 1 atom stereocenters. The Kier molecular flexibility index (Phi) is 10.5. The van der Waals surface area contributed by atoms with Crippen molar-refractivity contribution in [3.8, 4) is 11.4 Å². The van der Waals surface area contributed by atoms with Gasteiger partial charge in [0, 0.05) is 56.4 Å². The number of carbonyl (C=O) groups is 2. The minimum atomic E-state index is 0.0152. The maximum atomic E-state index is 13.1. The van der Waals surface area contributed by atoms with Crippen molar-refractivity contribution in [3.63, 3.8) is 0 Å². The highest BCUT2D eigenvalue weighted by molar-refractivity contribution is 7.99. The van der Waals surface area contributed by atoms with E-state index in [0.29, 0.717) is 38.9 Å². The monoisotopic (exact) mass is 597 g/mol. The van der Waals surface area contributed by atoms with Gasteiger partial charge in [-0.25, -0.2) is 0 Å². The van der Waals surface area contributed by atoms with Gasteiger partial charge in [0.05, 0.1) is 7.11 Å². The quantitative estimate of drug-likeness (QED) is 0.160. The van der Waals surface area contributed by atoms with E-state index in [9.17, 15) is 9.59 Å². The van der Waals surface area contributed by atoms with Crippen LogP contribution in [0.15, 0.2) is 90.1 Å². The second-order valence-electron chi connectivity index (χ2n) is 10.8. The van der Waals surface area contributed by atoms with Crippen LogP contribution in [0, 0.1) is 0 Å². The van der Waals surface area contributed by atoms with Gasteiger partial charge in [-0.15, -0.1) is 10.2 Å². The summed E-state index contributed by atoms with van der Waals surface area (Å²) in [6, 6.07) is 28.3. The molecule has 1 fully saturated rings. The van der Waals surface area contributed by atoms with Crippen LogP contribution in [0.25, 0.3) is 5.69 Å². The van der Waals surface area contributed by atoms with Gasteiger partial charge in [-0.3, -0.25) is 14.2 Å². The molecule has 1 unspecified atom stereocenters. The number of amides is 2. The number of piperazine rings is 1. The van der Waals surface area contributed by atoms with E-state index < -0.39 is 0 Å². The Morgan fingerprint density at radius 1 is 0.860 bits per heavy atom. The lowest BCUT2D eigenvalue weighted by molar-refractivity contribution is -0.142. The average molecular weight is 598 g/mol. The molecule has 0 spiro atoms. The minimum absolute atomic E-state index is 0.0152. The second-order valence-corrected chi connectivity index (χ2v) is 11.9. The molecular formula is C34H39N5O3S. The third-order valence-corrected chi connectivity index (χ3v) is 8.79. The number of ether oxygens (including phenoxy) is 1. The zero-order valence-corrected chi connectivity index (χ0v) is 25.7. The van der Waals surface area contributed by atoms with Crippen molar-refractivity contribution in [2.45, 2.75) is 50.2 Å². The molecule has 8 nitrogen and oxygen atoms in total. The van der Waals surface area contributed by atoms with Gasteiger partial charge in [0.2, 0.25) is 11.8 Å². The molecule has 224 valence electrons. The molecule has 5 rings (SSSR count). The Labute approximate surface area is 258 Å². The van der Waals surface area contributed by atoms with E-state index in [1.54, 1.807) is 18.9 Å². The Bertz CT molecular complexity index is 1480. The van der Waals surface area contributed by atoms with Crippen molar-refractivity contribution in [2.75, 3.05) is 32.5 Å². The van der Waals surface area contributed by atoms with Crippen LogP contribution < -0.4 is 4.74 Å². The molecule has 0 bridgehead atoms. The number of methoxy groups -OCH3 is 1. The molecule has 1 aliphatic heterocycles. The Hall–Kier alpha value is -4.11. The number of thioether (sulfide) groups is 1. The van der Waals surface area contributed by atoms with Gasteiger partial charge < -0.3 is 14.5 Å². The van der Waals surface area contributed by atoms with E-state index >= 15 is 0 Å². The SMILES string of the molecule is COc1ccc(-n2c(Cc3ccccc3)nnc2SCCCC(=O)N2CCN(C(=O)CCc3ccccc3)C(C)C2)cc1. The summed E-state index contributed by atoms with van der Waals surface area (Å²) in [6.45, 7) is 3.79. The highest BCUT2D eigenvalue weighted by Gasteiger charge is 2.29. The third kappa shape index (κ3) is 8.04. The molecule has 2 heterocycles. The molecular weight excluding hydrogens is 558 g/mol. The first-order chi connectivity index (χ1) is 21.0. The molecule has 0 N–H and O–H groups in total. The Morgan fingerprint density at radius 2 is 1.56 bits per heavy atom. The largest absolute Gasteiger partial charge is 0.497 e. The van der Waals surface area contributed by atoms with Gasteiger partial charge in [-0.2, -0.15) is 0 Å². The summed E-state index contributed by atoms with van der Waals surface area (Å²) in [7, 11) is 1.66.